The maximum Gasteiger partial charge on any atom is 0.251 e. The third kappa shape index (κ3) is 3.99. The Kier molecular flexibility index (Phi) is 5.20. The predicted octanol–water partition coefficient (Wildman–Crippen LogP) is 6.74. The van der Waals surface area contributed by atoms with Crippen molar-refractivity contribution in [2.75, 3.05) is 7.11 Å². The molecule has 5 rings (SSSR count). The fourth-order valence-electron chi connectivity index (χ4n) is 4.00. The summed E-state index contributed by atoms with van der Waals surface area (Å²) in [5.74, 6) is -2.79. The van der Waals surface area contributed by atoms with Crippen molar-refractivity contribution in [2.45, 2.75) is 38.2 Å². The molecule has 1 fully saturated rings. The van der Waals surface area contributed by atoms with E-state index in [1.807, 2.05) is 25.1 Å². The van der Waals surface area contributed by atoms with Crippen LogP contribution in [-0.4, -0.2) is 29.1 Å². The number of ether oxygens (including phenoxy) is 2. The molecule has 0 bridgehead atoms. The van der Waals surface area contributed by atoms with Gasteiger partial charge in [0.1, 0.15) is 16.9 Å². The first-order valence-corrected chi connectivity index (χ1v) is 11.1. The van der Waals surface area contributed by atoms with Crippen LogP contribution < -0.4 is 9.47 Å². The molecule has 2 heterocycles. The predicted molar refractivity (Wildman–Crippen MR) is 119 cm³/mol. The monoisotopic (exact) mass is 457 g/mol. The largest absolute Gasteiger partial charge is 0.495 e. The first kappa shape index (κ1) is 21.0. The van der Waals surface area contributed by atoms with Crippen LogP contribution in [0.2, 0.25) is 0 Å². The molecule has 0 saturated heterocycles. The zero-order chi connectivity index (χ0) is 22.5. The summed E-state index contributed by atoms with van der Waals surface area (Å²) in [4.78, 5) is 9.15. The van der Waals surface area contributed by atoms with Crippen LogP contribution >= 0.6 is 11.3 Å². The van der Waals surface area contributed by atoms with Crippen molar-refractivity contribution in [2.24, 2.45) is 0 Å². The number of halogens is 3. The van der Waals surface area contributed by atoms with Crippen LogP contribution in [0.1, 0.15) is 24.8 Å². The first-order valence-electron chi connectivity index (χ1n) is 10.2. The van der Waals surface area contributed by atoms with E-state index in [4.69, 9.17) is 9.47 Å². The molecule has 1 aliphatic carbocycles. The number of nitrogens with zero attached hydrogens (tertiary/aromatic N) is 2. The highest BCUT2D eigenvalue weighted by Crippen LogP contribution is 2.39. The van der Waals surface area contributed by atoms with Crippen molar-refractivity contribution < 1.29 is 22.6 Å². The molecule has 0 N–H and O–H groups in total. The van der Waals surface area contributed by atoms with Crippen LogP contribution in [0.4, 0.5) is 13.2 Å². The summed E-state index contributed by atoms with van der Waals surface area (Å²) in [6, 6.07) is 8.76. The highest BCUT2D eigenvalue weighted by molar-refractivity contribution is 7.21. The molecule has 2 aromatic carbocycles. The second-order valence-electron chi connectivity index (χ2n) is 8.02. The Hall–Kier alpha value is -2.87. The molecule has 0 spiro atoms. The summed E-state index contributed by atoms with van der Waals surface area (Å²) >= 11 is 1.38. The van der Waals surface area contributed by atoms with Gasteiger partial charge in [0.05, 0.1) is 29.0 Å². The topological polar surface area (TPSA) is 44.2 Å². The number of alkyl halides is 2. The summed E-state index contributed by atoms with van der Waals surface area (Å²) in [6.45, 7) is 1.98. The third-order valence-corrected chi connectivity index (χ3v) is 6.58. The molecular formula is C24H20F3N2O2S. The molecule has 0 aliphatic heterocycles. The number of hydrogen-bond donors (Lipinski definition) is 0. The van der Waals surface area contributed by atoms with Gasteiger partial charge in [-0.05, 0) is 37.1 Å². The highest BCUT2D eigenvalue weighted by Gasteiger charge is 2.37. The van der Waals surface area contributed by atoms with E-state index < -0.39 is 24.3 Å². The molecule has 2 aromatic heterocycles. The Morgan fingerprint density at radius 3 is 2.78 bits per heavy atom. The lowest BCUT2D eigenvalue weighted by molar-refractivity contribution is -0.0554. The van der Waals surface area contributed by atoms with Gasteiger partial charge in [0.15, 0.2) is 11.6 Å². The van der Waals surface area contributed by atoms with Crippen molar-refractivity contribution in [3.05, 3.63) is 54.3 Å². The van der Waals surface area contributed by atoms with Gasteiger partial charge in [0, 0.05) is 42.3 Å². The number of benzene rings is 2. The smallest absolute Gasteiger partial charge is 0.251 e. The van der Waals surface area contributed by atoms with E-state index in [0.29, 0.717) is 21.0 Å². The zero-order valence-corrected chi connectivity index (χ0v) is 18.3. The fourth-order valence-corrected chi connectivity index (χ4v) is 5.00. The van der Waals surface area contributed by atoms with Crippen molar-refractivity contribution in [3.8, 4) is 22.1 Å². The van der Waals surface area contributed by atoms with E-state index in [1.54, 1.807) is 25.8 Å². The molecule has 4 aromatic rings. The molecule has 1 radical (unpaired) electrons. The van der Waals surface area contributed by atoms with Crippen LogP contribution in [0.15, 0.2) is 36.5 Å². The zero-order valence-electron chi connectivity index (χ0n) is 17.5. The summed E-state index contributed by atoms with van der Waals surface area (Å²) in [7, 11) is 1.59. The average molecular weight is 457 g/mol. The number of hydrogen-bond acceptors (Lipinski definition) is 5. The Balaban J connectivity index is 1.53. The normalized spacial score (nSPS) is 18.2. The van der Waals surface area contributed by atoms with Gasteiger partial charge in [0.25, 0.3) is 5.92 Å². The minimum Gasteiger partial charge on any atom is -0.495 e. The second-order valence-corrected chi connectivity index (χ2v) is 9.05. The molecule has 4 nitrogen and oxygen atoms in total. The number of rotatable bonds is 4. The summed E-state index contributed by atoms with van der Waals surface area (Å²) in [6.07, 6.45) is 2.11. The number of methoxy groups -OCH3 is 1. The SMILES string of the molecule is COc1cnc2c(-c3nc4cc(F)c(O[C@H]5[CH]CCC(F)(F)C5)cc4s3)cc(C)cc2c1. The van der Waals surface area contributed by atoms with Crippen molar-refractivity contribution in [1.29, 1.82) is 0 Å². The van der Waals surface area contributed by atoms with Crippen LogP contribution in [0, 0.1) is 19.2 Å². The molecule has 1 atom stereocenters. The van der Waals surface area contributed by atoms with Crippen molar-refractivity contribution >= 4 is 32.5 Å². The van der Waals surface area contributed by atoms with Crippen LogP contribution in [-0.2, 0) is 0 Å². The van der Waals surface area contributed by atoms with E-state index >= 15 is 0 Å². The lowest BCUT2D eigenvalue weighted by Crippen LogP contribution is -2.33. The molecule has 0 amide bonds. The summed E-state index contributed by atoms with van der Waals surface area (Å²) in [5.41, 5.74) is 3.13. The average Bonchev–Trinajstić information content (AvgIpc) is 3.14. The Bertz CT molecular complexity index is 1320. The molecule has 32 heavy (non-hydrogen) atoms. The lowest BCUT2D eigenvalue weighted by Gasteiger charge is -2.29. The van der Waals surface area contributed by atoms with Crippen molar-refractivity contribution in [3.63, 3.8) is 0 Å². The van der Waals surface area contributed by atoms with E-state index in [9.17, 15) is 13.2 Å². The molecule has 165 valence electrons. The summed E-state index contributed by atoms with van der Waals surface area (Å²) < 4.78 is 53.7. The van der Waals surface area contributed by atoms with Crippen LogP contribution in [0.25, 0.3) is 31.7 Å². The van der Waals surface area contributed by atoms with Gasteiger partial charge < -0.3 is 9.47 Å². The minimum atomic E-state index is -2.79. The molecule has 8 heteroatoms. The number of fused-ring (bicyclic) bond motifs is 2. The van der Waals surface area contributed by atoms with Gasteiger partial charge >= 0.3 is 0 Å². The molecule has 1 aliphatic rings. The van der Waals surface area contributed by atoms with E-state index in [-0.39, 0.29) is 18.6 Å². The minimum absolute atomic E-state index is 0.0383. The van der Waals surface area contributed by atoms with E-state index in [1.165, 1.54) is 17.4 Å². The summed E-state index contributed by atoms with van der Waals surface area (Å²) in [5, 5.41) is 1.61. The highest BCUT2D eigenvalue weighted by atomic mass is 32.1. The Morgan fingerprint density at radius 1 is 1.16 bits per heavy atom. The van der Waals surface area contributed by atoms with Gasteiger partial charge in [0.2, 0.25) is 0 Å². The van der Waals surface area contributed by atoms with Gasteiger partial charge in [-0.1, -0.05) is 0 Å². The molecular weight excluding hydrogens is 437 g/mol. The van der Waals surface area contributed by atoms with Crippen molar-refractivity contribution in [1.82, 2.24) is 9.97 Å². The maximum atomic E-state index is 14.7. The van der Waals surface area contributed by atoms with Crippen LogP contribution in [0.3, 0.4) is 0 Å². The van der Waals surface area contributed by atoms with Gasteiger partial charge in [-0.3, -0.25) is 4.98 Å². The Morgan fingerprint density at radius 2 is 2.00 bits per heavy atom. The Labute approximate surface area is 187 Å². The van der Waals surface area contributed by atoms with E-state index in [0.717, 1.165) is 22.0 Å². The number of pyridine rings is 1. The van der Waals surface area contributed by atoms with Gasteiger partial charge in [-0.25, -0.2) is 18.2 Å². The van der Waals surface area contributed by atoms with Crippen LogP contribution in [0.5, 0.6) is 11.5 Å². The number of aromatic nitrogens is 2. The lowest BCUT2D eigenvalue weighted by atomic mass is 9.94. The first-order chi connectivity index (χ1) is 15.3. The van der Waals surface area contributed by atoms with Gasteiger partial charge in [-0.2, -0.15) is 0 Å². The maximum absolute atomic E-state index is 14.7. The molecule has 1 saturated carbocycles. The fraction of sp³-hybridized carbons (Fsp3) is 0.292. The number of thiazole rings is 1. The second kappa shape index (κ2) is 7.92. The molecule has 0 unspecified atom stereocenters. The van der Waals surface area contributed by atoms with Gasteiger partial charge in [-0.15, -0.1) is 11.3 Å². The van der Waals surface area contributed by atoms with E-state index in [2.05, 4.69) is 9.97 Å². The quantitative estimate of drug-likeness (QED) is 0.340. The number of aryl methyl sites for hydroxylation is 1. The standard InChI is InChI=1S/C24H20F3N2O2S/c1-13-6-14-8-16(30-2)12-28-22(14)17(7-13)23-29-19-9-18(25)20(10-21(19)32-23)31-15-4-3-5-24(26,27)11-15/h4,6-10,12,15H,3,5,11H2,1-2H3/t15-/m0/s1. The third-order valence-electron chi connectivity index (χ3n) is 5.53.